The maximum Gasteiger partial charge on any atom is 0.354 e. The van der Waals surface area contributed by atoms with Crippen LogP contribution in [-0.2, 0) is 4.74 Å². The average molecular weight is 360 g/mol. The number of hydrogen-bond donors (Lipinski definition) is 2. The van der Waals surface area contributed by atoms with Gasteiger partial charge in [-0.25, -0.2) is 4.79 Å². The first kappa shape index (κ1) is 16.8. The van der Waals surface area contributed by atoms with Crippen LogP contribution in [0, 0.1) is 10.1 Å². The number of para-hydroxylation sites is 1. The Kier molecular flexibility index (Phi) is 4.58. The summed E-state index contributed by atoms with van der Waals surface area (Å²) in [6, 6.07) is 11.6. The summed E-state index contributed by atoms with van der Waals surface area (Å²) in [5.74, 6) is -0.573. The second-order valence-corrected chi connectivity index (χ2v) is 5.59. The molecule has 0 aliphatic rings. The van der Waals surface area contributed by atoms with Gasteiger partial charge in [0.1, 0.15) is 11.2 Å². The first-order valence-electron chi connectivity index (χ1n) is 7.50. The topological polar surface area (TPSA) is 97.3 Å². The van der Waals surface area contributed by atoms with E-state index in [0.29, 0.717) is 21.8 Å². The van der Waals surface area contributed by atoms with Crippen molar-refractivity contribution in [1.82, 2.24) is 4.98 Å². The number of benzene rings is 2. The van der Waals surface area contributed by atoms with Crippen molar-refractivity contribution >= 4 is 45.5 Å². The van der Waals surface area contributed by atoms with Gasteiger partial charge < -0.3 is 15.0 Å². The maximum atomic E-state index is 12.0. The number of ether oxygens (including phenoxy) is 1. The number of nitrogens with one attached hydrogen (secondary N) is 2. The Morgan fingerprint density at radius 3 is 2.72 bits per heavy atom. The quantitative estimate of drug-likeness (QED) is 0.392. The number of H-pyrrole nitrogens is 1. The first-order chi connectivity index (χ1) is 12.0. The molecule has 1 aromatic heterocycles. The van der Waals surface area contributed by atoms with E-state index >= 15 is 0 Å². The maximum absolute atomic E-state index is 12.0. The van der Waals surface area contributed by atoms with Crippen LogP contribution in [0.5, 0.6) is 0 Å². The number of halogens is 1. The van der Waals surface area contributed by atoms with Crippen molar-refractivity contribution < 1.29 is 14.5 Å². The van der Waals surface area contributed by atoms with E-state index in [2.05, 4.69) is 10.3 Å². The van der Waals surface area contributed by atoms with Crippen LogP contribution in [0.1, 0.15) is 17.4 Å². The molecule has 0 amide bonds. The summed E-state index contributed by atoms with van der Waals surface area (Å²) in [6.07, 6.45) is 0. The minimum Gasteiger partial charge on any atom is -0.461 e. The van der Waals surface area contributed by atoms with Crippen molar-refractivity contribution in [1.29, 1.82) is 0 Å². The van der Waals surface area contributed by atoms with Crippen LogP contribution < -0.4 is 5.32 Å². The largest absolute Gasteiger partial charge is 0.461 e. The van der Waals surface area contributed by atoms with Crippen LogP contribution in [0.3, 0.4) is 0 Å². The number of aromatic nitrogens is 1. The smallest absolute Gasteiger partial charge is 0.354 e. The Bertz CT molecular complexity index is 968. The zero-order chi connectivity index (χ0) is 18.0. The lowest BCUT2D eigenvalue weighted by Gasteiger charge is -2.09. The van der Waals surface area contributed by atoms with Gasteiger partial charge in [-0.15, -0.1) is 0 Å². The molecule has 2 N–H and O–H groups in total. The van der Waals surface area contributed by atoms with Crippen LogP contribution in [-0.4, -0.2) is 22.5 Å². The molecule has 0 atom stereocenters. The second kappa shape index (κ2) is 6.82. The fourth-order valence-corrected chi connectivity index (χ4v) is 2.67. The van der Waals surface area contributed by atoms with Gasteiger partial charge in [0.15, 0.2) is 0 Å². The van der Waals surface area contributed by atoms with Crippen LogP contribution in [0.25, 0.3) is 10.9 Å². The molecule has 25 heavy (non-hydrogen) atoms. The zero-order valence-corrected chi connectivity index (χ0v) is 14.0. The van der Waals surface area contributed by atoms with E-state index in [1.807, 2.05) is 6.07 Å². The summed E-state index contributed by atoms with van der Waals surface area (Å²) in [5.41, 5.74) is 1.49. The number of non-ortho nitro benzene ring substituents is 1. The number of hydrogen-bond acceptors (Lipinski definition) is 5. The molecule has 2 aromatic carbocycles. The van der Waals surface area contributed by atoms with Crippen molar-refractivity contribution in [2.45, 2.75) is 6.92 Å². The summed E-state index contributed by atoms with van der Waals surface area (Å²) in [4.78, 5) is 25.5. The number of esters is 1. The van der Waals surface area contributed by atoms with Crippen molar-refractivity contribution in [3.05, 3.63) is 63.3 Å². The highest BCUT2D eigenvalue weighted by Gasteiger charge is 2.20. The van der Waals surface area contributed by atoms with Crippen molar-refractivity contribution in [3.63, 3.8) is 0 Å². The molecule has 1 heterocycles. The van der Waals surface area contributed by atoms with Crippen LogP contribution >= 0.6 is 11.6 Å². The highest BCUT2D eigenvalue weighted by molar-refractivity contribution is 6.33. The number of nitro benzene ring substituents is 1. The molecule has 0 fully saturated rings. The molecule has 0 bridgehead atoms. The zero-order valence-electron chi connectivity index (χ0n) is 13.2. The number of fused-ring (bicyclic) bond motifs is 1. The van der Waals surface area contributed by atoms with Gasteiger partial charge in [-0.2, -0.15) is 0 Å². The van der Waals surface area contributed by atoms with Crippen molar-refractivity contribution in [2.75, 3.05) is 11.9 Å². The van der Waals surface area contributed by atoms with Gasteiger partial charge in [-0.3, -0.25) is 10.1 Å². The Morgan fingerprint density at radius 1 is 1.28 bits per heavy atom. The number of nitrogens with zero attached hydrogens (tertiary/aromatic N) is 1. The fourth-order valence-electron chi connectivity index (χ4n) is 2.49. The monoisotopic (exact) mass is 359 g/mol. The van der Waals surface area contributed by atoms with Crippen molar-refractivity contribution in [2.24, 2.45) is 0 Å². The van der Waals surface area contributed by atoms with Gasteiger partial charge in [0.05, 0.1) is 22.2 Å². The number of carbonyl (C=O) groups excluding carboxylic acids is 1. The third kappa shape index (κ3) is 3.27. The molecule has 8 heteroatoms. The molecule has 0 saturated heterocycles. The molecular weight excluding hydrogens is 346 g/mol. The summed E-state index contributed by atoms with van der Waals surface area (Å²) < 4.78 is 4.95. The van der Waals surface area contributed by atoms with E-state index in [1.54, 1.807) is 31.2 Å². The molecule has 0 saturated carbocycles. The third-order valence-corrected chi connectivity index (χ3v) is 3.94. The molecule has 3 rings (SSSR count). The number of aromatic amines is 1. The summed E-state index contributed by atoms with van der Waals surface area (Å²) in [6.45, 7) is 1.90. The van der Waals surface area contributed by atoms with Gasteiger partial charge in [0.2, 0.25) is 0 Å². The minimum absolute atomic E-state index is 0.129. The Hall–Kier alpha value is -3.06. The Morgan fingerprint density at radius 2 is 2.04 bits per heavy atom. The van der Waals surface area contributed by atoms with E-state index < -0.39 is 10.9 Å². The minimum atomic E-state index is -0.573. The Balaban J connectivity index is 2.13. The second-order valence-electron chi connectivity index (χ2n) is 5.19. The van der Waals surface area contributed by atoms with E-state index in [4.69, 9.17) is 16.3 Å². The molecule has 0 unspecified atom stereocenters. The molecule has 0 radical (unpaired) electrons. The molecule has 3 aromatic rings. The van der Waals surface area contributed by atoms with E-state index in [-0.39, 0.29) is 23.5 Å². The van der Waals surface area contributed by atoms with Crippen LogP contribution in [0.4, 0.5) is 17.1 Å². The highest BCUT2D eigenvalue weighted by Crippen LogP contribution is 2.35. The molecule has 128 valence electrons. The van der Waals surface area contributed by atoms with Crippen molar-refractivity contribution in [3.8, 4) is 0 Å². The van der Waals surface area contributed by atoms with E-state index in [9.17, 15) is 14.9 Å². The molecule has 0 spiro atoms. The standard InChI is InChI=1S/C17H14ClN3O4/c1-2-25-17(22)14-9-10-12(19-13-6-4-3-5-11(13)18)7-8-15(21(23)24)16(10)20-14/h3-9,19-20H,2H2,1H3. The molecular formula is C17H14ClN3O4. The number of carbonyl (C=O) groups is 1. The molecule has 0 aliphatic carbocycles. The van der Waals surface area contributed by atoms with Gasteiger partial charge in [-0.1, -0.05) is 23.7 Å². The predicted molar refractivity (Wildman–Crippen MR) is 95.6 cm³/mol. The number of anilines is 2. The SMILES string of the molecule is CCOC(=O)c1cc2c(Nc3ccccc3Cl)ccc([N+](=O)[O-])c2[nH]1. The van der Waals surface area contributed by atoms with Gasteiger partial charge >= 0.3 is 5.97 Å². The molecule has 0 aliphatic heterocycles. The molecule has 7 nitrogen and oxygen atoms in total. The van der Waals surface area contributed by atoms with Crippen LogP contribution in [0.2, 0.25) is 5.02 Å². The summed E-state index contributed by atoms with van der Waals surface area (Å²) in [5, 5.41) is 15.4. The average Bonchev–Trinajstić information content (AvgIpc) is 3.02. The normalized spacial score (nSPS) is 10.6. The Labute approximate surface area is 147 Å². The summed E-state index contributed by atoms with van der Waals surface area (Å²) >= 11 is 6.15. The van der Waals surface area contributed by atoms with E-state index in [0.717, 1.165) is 0 Å². The van der Waals surface area contributed by atoms with Gasteiger partial charge in [-0.05, 0) is 31.2 Å². The number of rotatable bonds is 5. The lowest BCUT2D eigenvalue weighted by Crippen LogP contribution is -2.04. The first-order valence-corrected chi connectivity index (χ1v) is 7.88. The lowest BCUT2D eigenvalue weighted by molar-refractivity contribution is -0.383. The number of nitro groups is 1. The lowest BCUT2D eigenvalue weighted by atomic mass is 10.1. The van der Waals surface area contributed by atoms with Gasteiger partial charge in [0, 0.05) is 17.1 Å². The fraction of sp³-hybridized carbons (Fsp3) is 0.118. The third-order valence-electron chi connectivity index (χ3n) is 3.61. The predicted octanol–water partition coefficient (Wildman–Crippen LogP) is 4.65. The van der Waals surface area contributed by atoms with Gasteiger partial charge in [0.25, 0.3) is 5.69 Å². The van der Waals surface area contributed by atoms with E-state index in [1.165, 1.54) is 12.1 Å². The summed E-state index contributed by atoms with van der Waals surface area (Å²) in [7, 11) is 0. The highest BCUT2D eigenvalue weighted by atomic mass is 35.5. The van der Waals surface area contributed by atoms with Crippen LogP contribution in [0.15, 0.2) is 42.5 Å².